The van der Waals surface area contributed by atoms with Crippen molar-refractivity contribution in [2.75, 3.05) is 0 Å². The zero-order chi connectivity index (χ0) is 88.4. The van der Waals surface area contributed by atoms with E-state index in [-0.39, 0.29) is 27.9 Å². The minimum absolute atomic E-state index is 0.0140. The first-order chi connectivity index (χ1) is 54.3. The maximum atomic E-state index is 10.6. The Morgan fingerprint density at radius 3 is 1.90 bits per heavy atom. The quantitative estimate of drug-likeness (QED) is 0.0906. The molecule has 410 valence electrons. The van der Waals surface area contributed by atoms with Gasteiger partial charge < -0.3 is 4.74 Å². The van der Waals surface area contributed by atoms with Gasteiger partial charge in [0.25, 0.3) is 6.33 Å². The van der Waals surface area contributed by atoms with Crippen LogP contribution in [-0.2, 0) is 33.5 Å². The normalized spacial score (nSPS) is 29.1. The van der Waals surface area contributed by atoms with Crippen molar-refractivity contribution < 1.29 is 61.4 Å². The molecular formula is C75H80N4OSi. The van der Waals surface area contributed by atoms with Crippen molar-refractivity contribution in [3.63, 3.8) is 0 Å². The molecule has 7 aromatic carbocycles. The predicted octanol–water partition coefficient (Wildman–Crippen LogP) is 18.7. The fraction of sp³-hybridized carbons (Fsp3) is 0.360. The van der Waals surface area contributed by atoms with Gasteiger partial charge in [0.05, 0.1) is 49.7 Å². The average Bonchev–Trinajstić information content (AvgIpc) is 1.58. The number of aryl methyl sites for hydroxylation is 1. The van der Waals surface area contributed by atoms with Crippen molar-refractivity contribution in [1.82, 2.24) is 14.1 Å². The van der Waals surface area contributed by atoms with E-state index < -0.39 is 196 Å². The summed E-state index contributed by atoms with van der Waals surface area (Å²) < 4.78 is 369. The molecule has 14 rings (SSSR count). The summed E-state index contributed by atoms with van der Waals surface area (Å²) in [5, 5.41) is 2.74. The molecule has 5 nitrogen and oxygen atoms in total. The molecule has 0 saturated carbocycles. The second kappa shape index (κ2) is 18.5. The van der Waals surface area contributed by atoms with E-state index in [1.807, 2.05) is 59.2 Å². The van der Waals surface area contributed by atoms with Crippen LogP contribution in [0.2, 0.25) is 18.1 Å². The Hall–Kier alpha value is -7.02. The van der Waals surface area contributed by atoms with Gasteiger partial charge in [-0.1, -0.05) is 209 Å². The summed E-state index contributed by atoms with van der Waals surface area (Å²) in [4.78, 5) is 4.82. The maximum absolute atomic E-state index is 10.6. The lowest BCUT2D eigenvalue weighted by molar-refractivity contribution is -0.571. The molecule has 6 heteroatoms. The van der Waals surface area contributed by atoms with Gasteiger partial charge in [0.1, 0.15) is 17.3 Å². The summed E-state index contributed by atoms with van der Waals surface area (Å²) in [5.74, 6) is 1.10. The van der Waals surface area contributed by atoms with Crippen LogP contribution in [0.15, 0.2) is 152 Å². The first-order valence-electron chi connectivity index (χ1n) is 46.1. The van der Waals surface area contributed by atoms with Crippen LogP contribution in [0.1, 0.15) is 206 Å². The minimum Gasteiger partial charge on any atom is -0.458 e. The summed E-state index contributed by atoms with van der Waals surface area (Å²) in [6.45, 7) is -30.1. The van der Waals surface area contributed by atoms with Crippen molar-refractivity contribution in [3.8, 4) is 50.9 Å². The molecule has 1 spiro atoms. The highest BCUT2D eigenvalue weighted by Gasteiger charge is 2.43. The largest absolute Gasteiger partial charge is 0.458 e. The van der Waals surface area contributed by atoms with Gasteiger partial charge in [0.15, 0.2) is 0 Å². The van der Waals surface area contributed by atoms with E-state index in [2.05, 4.69) is 27.1 Å². The Kier molecular flexibility index (Phi) is 5.76. The van der Waals surface area contributed by atoms with Crippen molar-refractivity contribution >= 4 is 46.1 Å². The van der Waals surface area contributed by atoms with E-state index in [4.69, 9.17) is 26.2 Å². The maximum Gasteiger partial charge on any atom is 0.269 e. The lowest BCUT2D eigenvalue weighted by Gasteiger charge is -2.42. The summed E-state index contributed by atoms with van der Waals surface area (Å²) in [7, 11) is -2.47. The van der Waals surface area contributed by atoms with E-state index in [0.717, 1.165) is 86.3 Å². The number of nitrogens with zero attached hydrogens (tertiary/aromatic N) is 4. The molecule has 2 aliphatic carbocycles. The van der Waals surface area contributed by atoms with Crippen molar-refractivity contribution in [2.24, 2.45) is 0 Å². The molecule has 10 aromatic rings. The molecule has 0 atom stereocenters. The molecule has 0 N–H and O–H groups in total. The van der Waals surface area contributed by atoms with Crippen LogP contribution in [0.4, 0.5) is 0 Å². The van der Waals surface area contributed by atoms with Crippen LogP contribution in [0, 0.1) is 6.33 Å². The molecule has 0 amide bonds. The average molecular weight is 1120 g/mol. The Labute approximate surface area is 535 Å². The van der Waals surface area contributed by atoms with E-state index in [0.29, 0.717) is 29.9 Å². The van der Waals surface area contributed by atoms with Gasteiger partial charge in [-0.25, -0.2) is 4.98 Å². The van der Waals surface area contributed by atoms with Crippen LogP contribution < -0.4 is 14.5 Å². The lowest BCUT2D eigenvalue weighted by Crippen LogP contribution is -2.49. The summed E-state index contributed by atoms with van der Waals surface area (Å²) in [6, 6.07) is 22.5. The van der Waals surface area contributed by atoms with Crippen LogP contribution in [0.3, 0.4) is 0 Å². The van der Waals surface area contributed by atoms with Gasteiger partial charge >= 0.3 is 0 Å². The smallest absolute Gasteiger partial charge is 0.269 e. The van der Waals surface area contributed by atoms with Crippen LogP contribution >= 0.6 is 0 Å². The van der Waals surface area contributed by atoms with Gasteiger partial charge in [-0.05, 0) is 164 Å². The molecule has 1 fully saturated rings. The summed E-state index contributed by atoms with van der Waals surface area (Å²) >= 11 is 0. The molecule has 0 radical (unpaired) electrons. The standard InChI is InChI=1S/C75H80N4OSi/c1-71(2,3)52-32-37-76-69(44-52)79-64-25-13-12-22-58(64)59-29-28-55(46-65(59)79)80-54-21-16-20-53(45-54)77-48-78(66-43-51-19-18-40-81(38-14-15-39-81)68(51)47-67(66)77)70-56(49-26-30-60-62(41-49)74(8,9)35-33-72(60,4)5)23-17-24-57(70)50-27-31-61-63(42-50)75(10,11)36-34-73(61,6)7/h12-13,16-17,20-32,37,41-47H,14-15,18-19,33-36,38-40H2,1-11H3/i4D3,5D3,6D3,7D3,8D3,9D3,10D3,11D3,26D,27D,30D,31D,33D2,34D2,35D2,36D2,41D,42D. The minimum atomic E-state index is -4.85. The third kappa shape index (κ3) is 8.58. The number of hydrogen-bond donors (Lipinski definition) is 0. The van der Waals surface area contributed by atoms with E-state index >= 15 is 0 Å². The number of pyridine rings is 1. The molecule has 81 heavy (non-hydrogen) atoms. The predicted molar refractivity (Wildman–Crippen MR) is 340 cm³/mol. The third-order valence-electron chi connectivity index (χ3n) is 16.7. The fourth-order valence-electron chi connectivity index (χ4n) is 12.7. The van der Waals surface area contributed by atoms with Gasteiger partial charge in [0.2, 0.25) is 0 Å². The number of para-hydroxylation sites is 2. The van der Waals surface area contributed by atoms with Gasteiger partial charge in [-0.15, -0.1) is 0 Å². The number of hydrogen-bond acceptors (Lipinski definition) is 2. The van der Waals surface area contributed by atoms with Gasteiger partial charge in [-0.2, -0.15) is 0 Å². The zero-order valence-corrected chi connectivity index (χ0v) is 45.6. The second-order valence-corrected chi connectivity index (χ2v) is 27.7. The number of fused-ring (bicyclic) bond motifs is 8. The van der Waals surface area contributed by atoms with Gasteiger partial charge in [0, 0.05) is 66.9 Å². The van der Waals surface area contributed by atoms with Crippen LogP contribution in [-0.4, -0.2) is 22.2 Å². The molecule has 2 aliphatic heterocycles. The number of aromatic nitrogens is 4. The van der Waals surface area contributed by atoms with Crippen LogP contribution in [0.5, 0.6) is 11.5 Å². The van der Waals surface area contributed by atoms with Gasteiger partial charge in [-0.3, -0.25) is 13.7 Å². The second-order valence-electron chi connectivity index (χ2n) is 23.1. The van der Waals surface area contributed by atoms with E-state index in [1.165, 1.54) is 4.57 Å². The first kappa shape index (κ1) is 25.2. The fourth-order valence-corrected chi connectivity index (χ4v) is 18.3. The molecule has 3 aromatic heterocycles. The lowest BCUT2D eigenvalue weighted by atomic mass is 9.62. The Morgan fingerprint density at radius 1 is 0.617 bits per heavy atom. The number of rotatable bonds is 7. The number of imidazole rings is 1. The number of benzene rings is 7. The third-order valence-corrected chi connectivity index (χ3v) is 22.3. The monoisotopic (exact) mass is 1120 g/mol. The molecule has 1 saturated heterocycles. The molecule has 0 bridgehead atoms. The number of ether oxygens (including phenoxy) is 1. The highest BCUT2D eigenvalue weighted by molar-refractivity contribution is 6.93. The van der Waals surface area contributed by atoms with Crippen molar-refractivity contribution in [2.45, 2.75) is 172 Å². The summed E-state index contributed by atoms with van der Waals surface area (Å²) in [6.07, 6.45) is -11.4. The van der Waals surface area contributed by atoms with Crippen LogP contribution in [0.25, 0.3) is 72.3 Å². The van der Waals surface area contributed by atoms with E-state index in [9.17, 15) is 35.6 Å². The molecule has 4 aliphatic rings. The molecular weight excluding hydrogens is 1000 g/mol. The van der Waals surface area contributed by atoms with E-state index in [1.54, 1.807) is 42.6 Å². The van der Waals surface area contributed by atoms with Crippen molar-refractivity contribution in [3.05, 3.63) is 191 Å². The zero-order valence-electron chi connectivity index (χ0n) is 82.6. The Bertz CT molecular complexity index is 5630. The topological polar surface area (TPSA) is 35.9 Å². The first-order valence-corrected chi connectivity index (χ1v) is 29.7. The highest BCUT2D eigenvalue weighted by Crippen LogP contribution is 2.50. The van der Waals surface area contributed by atoms with Crippen molar-refractivity contribution in [1.29, 1.82) is 0 Å². The SMILES string of the molecule is [2H]c1c([2H])c2c(c([2H])c1-c1cccc(-c3c([2H])c([2H])c4c(c3[2H])C(C([2H])([2H])[2H])(C([2H])([2H])[2H])C([2H])([2H])C([2H])([2H])C4(C([2H])([2H])[2H])C([2H])([2H])[2H])c1-[n+]1[c-]n(-c3cccc(Oc4ccc5c6ccccc6n(-c6cc(C(C)(C)C)ccn6)c5c4)c3)c3cc4c(cc31)CCC[Si]41CCCC1)C(C([2H])([2H])[2H])(C([2H])([2H])[2H])C([2H])([2H])C([2H])([2H])C2(C([2H])([2H])[2H])C([2H])([2H])[2H]. The molecule has 5 heterocycles. The Morgan fingerprint density at radius 2 is 1.23 bits per heavy atom. The Balaban J connectivity index is 1.17. The highest BCUT2D eigenvalue weighted by atomic mass is 28.3. The summed E-state index contributed by atoms with van der Waals surface area (Å²) in [5.41, 5.74) is -27.9. The molecule has 0 unspecified atom stereocenters.